The molecule has 18 heavy (non-hydrogen) atoms. The molecule has 0 amide bonds. The number of nitrogens with zero attached hydrogens (tertiary/aromatic N) is 1. The van der Waals surface area contributed by atoms with E-state index in [1.165, 1.54) is 25.3 Å². The zero-order valence-corrected chi connectivity index (χ0v) is 10.0. The van der Waals surface area contributed by atoms with Gasteiger partial charge in [0.2, 0.25) is 0 Å². The zero-order valence-electron chi connectivity index (χ0n) is 10.0. The summed E-state index contributed by atoms with van der Waals surface area (Å²) in [4.78, 5) is 21.1. The van der Waals surface area contributed by atoms with E-state index in [1.807, 2.05) is 0 Å². The summed E-state index contributed by atoms with van der Waals surface area (Å²) < 4.78 is 4.78. The van der Waals surface area contributed by atoms with Gasteiger partial charge in [-0.2, -0.15) is 0 Å². The van der Waals surface area contributed by atoms with Gasteiger partial charge in [0.25, 0.3) is 5.69 Å². The van der Waals surface area contributed by atoms with Crippen LogP contribution in [-0.4, -0.2) is 35.8 Å². The van der Waals surface area contributed by atoms with Gasteiger partial charge in [-0.3, -0.25) is 10.1 Å². The topological polar surface area (TPSA) is 102 Å². The zero-order chi connectivity index (χ0) is 13.7. The molecule has 1 unspecified atom stereocenters. The fourth-order valence-corrected chi connectivity index (χ4v) is 1.49. The van der Waals surface area contributed by atoms with Crippen molar-refractivity contribution in [2.45, 2.75) is 13.0 Å². The predicted molar refractivity (Wildman–Crippen MR) is 64.8 cm³/mol. The summed E-state index contributed by atoms with van der Waals surface area (Å²) in [7, 11) is 1.40. The van der Waals surface area contributed by atoms with Crippen LogP contribution >= 0.6 is 0 Å². The Labute approximate surface area is 104 Å². The largest absolute Gasteiger partial charge is 0.480 e. The van der Waals surface area contributed by atoms with Gasteiger partial charge in [-0.15, -0.1) is 0 Å². The minimum Gasteiger partial charge on any atom is -0.480 e. The first-order chi connectivity index (χ1) is 8.45. The number of carboxylic acid groups (broad SMARTS) is 1. The lowest BCUT2D eigenvalue weighted by Crippen LogP contribution is -2.33. The third-order valence-electron chi connectivity index (χ3n) is 2.37. The number of benzene rings is 1. The van der Waals surface area contributed by atoms with Crippen LogP contribution in [0.4, 0.5) is 11.4 Å². The number of carbonyl (C=O) groups is 1. The number of rotatable bonds is 6. The Morgan fingerprint density at radius 1 is 1.61 bits per heavy atom. The Balaban J connectivity index is 2.88. The Morgan fingerprint density at radius 3 is 2.72 bits per heavy atom. The lowest BCUT2D eigenvalue weighted by Gasteiger charge is -2.15. The molecular formula is C11H14N2O5. The number of nitro groups is 1. The summed E-state index contributed by atoms with van der Waals surface area (Å²) in [6.45, 7) is 1.60. The SMILES string of the molecule is COCC(Nc1ccc([N+](=O)[O-])c(C)c1)C(=O)O. The number of aryl methyl sites for hydroxylation is 1. The van der Waals surface area contributed by atoms with Gasteiger partial charge in [0.05, 0.1) is 11.5 Å². The van der Waals surface area contributed by atoms with Gasteiger partial charge in [0.1, 0.15) is 6.04 Å². The average Bonchev–Trinajstić information content (AvgIpc) is 2.27. The van der Waals surface area contributed by atoms with Crippen LogP contribution in [0.25, 0.3) is 0 Å². The van der Waals surface area contributed by atoms with Gasteiger partial charge in [-0.1, -0.05) is 0 Å². The monoisotopic (exact) mass is 254 g/mol. The van der Waals surface area contributed by atoms with Crippen molar-refractivity contribution in [3.63, 3.8) is 0 Å². The molecule has 7 nitrogen and oxygen atoms in total. The maximum absolute atomic E-state index is 10.9. The standard InChI is InChI=1S/C11H14N2O5/c1-7-5-8(3-4-10(7)13(16)17)12-9(6-18-2)11(14)15/h3-5,9,12H,6H2,1-2H3,(H,14,15). The lowest BCUT2D eigenvalue weighted by molar-refractivity contribution is -0.385. The molecule has 0 aliphatic rings. The molecule has 0 saturated heterocycles. The summed E-state index contributed by atoms with van der Waals surface area (Å²) >= 11 is 0. The van der Waals surface area contributed by atoms with Gasteiger partial charge in [-0.25, -0.2) is 4.79 Å². The summed E-state index contributed by atoms with van der Waals surface area (Å²) in [5, 5.41) is 22.3. The van der Waals surface area contributed by atoms with E-state index in [0.717, 1.165) is 0 Å². The molecule has 7 heteroatoms. The van der Waals surface area contributed by atoms with E-state index in [2.05, 4.69) is 5.32 Å². The normalized spacial score (nSPS) is 11.9. The van der Waals surface area contributed by atoms with Crippen molar-refractivity contribution in [1.82, 2.24) is 0 Å². The molecule has 2 N–H and O–H groups in total. The Bertz CT molecular complexity index is 461. The first-order valence-corrected chi connectivity index (χ1v) is 5.19. The maximum Gasteiger partial charge on any atom is 0.328 e. The molecule has 1 aromatic rings. The Kier molecular flexibility index (Phi) is 4.61. The van der Waals surface area contributed by atoms with Crippen molar-refractivity contribution in [3.8, 4) is 0 Å². The van der Waals surface area contributed by atoms with Crippen molar-refractivity contribution in [2.24, 2.45) is 0 Å². The van der Waals surface area contributed by atoms with Crippen LogP contribution < -0.4 is 5.32 Å². The van der Waals surface area contributed by atoms with Crippen LogP contribution in [0.2, 0.25) is 0 Å². The molecule has 1 aromatic carbocycles. The van der Waals surface area contributed by atoms with Crippen molar-refractivity contribution in [2.75, 3.05) is 19.0 Å². The second kappa shape index (κ2) is 5.97. The van der Waals surface area contributed by atoms with Gasteiger partial charge in [-0.05, 0) is 19.1 Å². The van der Waals surface area contributed by atoms with Crippen LogP contribution in [0.5, 0.6) is 0 Å². The summed E-state index contributed by atoms with van der Waals surface area (Å²) in [5.41, 5.74) is 0.966. The second-order valence-corrected chi connectivity index (χ2v) is 3.75. The van der Waals surface area contributed by atoms with E-state index in [-0.39, 0.29) is 12.3 Å². The number of hydrogen-bond donors (Lipinski definition) is 2. The number of aliphatic carboxylic acids is 1. The van der Waals surface area contributed by atoms with E-state index >= 15 is 0 Å². The molecular weight excluding hydrogens is 240 g/mol. The molecule has 0 saturated carbocycles. The molecule has 0 aliphatic carbocycles. The number of carboxylic acids is 1. The first kappa shape index (κ1) is 13.9. The third kappa shape index (κ3) is 3.42. The van der Waals surface area contributed by atoms with E-state index in [1.54, 1.807) is 6.92 Å². The van der Waals surface area contributed by atoms with Crippen LogP contribution in [0.3, 0.4) is 0 Å². The molecule has 0 aliphatic heterocycles. The minimum atomic E-state index is -1.05. The smallest absolute Gasteiger partial charge is 0.328 e. The number of ether oxygens (including phenoxy) is 1. The Morgan fingerprint density at radius 2 is 2.28 bits per heavy atom. The summed E-state index contributed by atoms with van der Waals surface area (Å²) in [5.74, 6) is -1.05. The number of methoxy groups -OCH3 is 1. The number of anilines is 1. The molecule has 0 bridgehead atoms. The summed E-state index contributed by atoms with van der Waals surface area (Å²) in [6.07, 6.45) is 0. The molecule has 1 rings (SSSR count). The van der Waals surface area contributed by atoms with Crippen molar-refractivity contribution < 1.29 is 19.6 Å². The van der Waals surface area contributed by atoms with Gasteiger partial charge < -0.3 is 15.2 Å². The van der Waals surface area contributed by atoms with Crippen LogP contribution in [0.1, 0.15) is 5.56 Å². The number of nitrogens with one attached hydrogen (secondary N) is 1. The van der Waals surface area contributed by atoms with Gasteiger partial charge in [0.15, 0.2) is 0 Å². The van der Waals surface area contributed by atoms with Gasteiger partial charge in [0, 0.05) is 24.4 Å². The Hall–Kier alpha value is -2.15. The van der Waals surface area contributed by atoms with Crippen LogP contribution in [0, 0.1) is 17.0 Å². The average molecular weight is 254 g/mol. The van der Waals surface area contributed by atoms with Crippen LogP contribution in [0.15, 0.2) is 18.2 Å². The summed E-state index contributed by atoms with van der Waals surface area (Å²) in [6, 6.07) is 3.44. The molecule has 0 radical (unpaired) electrons. The third-order valence-corrected chi connectivity index (χ3v) is 2.37. The molecule has 0 fully saturated rings. The molecule has 0 spiro atoms. The van der Waals surface area contributed by atoms with Crippen molar-refractivity contribution >= 4 is 17.3 Å². The van der Waals surface area contributed by atoms with E-state index in [0.29, 0.717) is 11.3 Å². The number of nitro benzene ring substituents is 1. The van der Waals surface area contributed by atoms with Crippen LogP contribution in [-0.2, 0) is 9.53 Å². The second-order valence-electron chi connectivity index (χ2n) is 3.75. The predicted octanol–water partition coefficient (Wildman–Crippen LogP) is 1.41. The quantitative estimate of drug-likeness (QED) is 0.588. The lowest BCUT2D eigenvalue weighted by atomic mass is 10.1. The highest BCUT2D eigenvalue weighted by Crippen LogP contribution is 2.22. The van der Waals surface area contributed by atoms with Crippen molar-refractivity contribution in [3.05, 3.63) is 33.9 Å². The fourth-order valence-electron chi connectivity index (χ4n) is 1.49. The van der Waals surface area contributed by atoms with E-state index < -0.39 is 16.9 Å². The molecule has 98 valence electrons. The fraction of sp³-hybridized carbons (Fsp3) is 0.364. The highest BCUT2D eigenvalue weighted by atomic mass is 16.6. The highest BCUT2D eigenvalue weighted by Gasteiger charge is 2.18. The molecule has 1 atom stereocenters. The van der Waals surface area contributed by atoms with E-state index in [9.17, 15) is 14.9 Å². The van der Waals surface area contributed by atoms with E-state index in [4.69, 9.17) is 9.84 Å². The highest BCUT2D eigenvalue weighted by molar-refractivity contribution is 5.77. The first-order valence-electron chi connectivity index (χ1n) is 5.19. The maximum atomic E-state index is 10.9. The van der Waals surface area contributed by atoms with Crippen molar-refractivity contribution in [1.29, 1.82) is 0 Å². The van der Waals surface area contributed by atoms with Gasteiger partial charge >= 0.3 is 5.97 Å². The molecule has 0 heterocycles. The molecule has 0 aromatic heterocycles. The minimum absolute atomic E-state index is 0.000772. The number of hydrogen-bond acceptors (Lipinski definition) is 5.